The van der Waals surface area contributed by atoms with Crippen LogP contribution in [-0.4, -0.2) is 24.5 Å². The van der Waals surface area contributed by atoms with Gasteiger partial charge in [-0.15, -0.1) is 0 Å². The van der Waals surface area contributed by atoms with Crippen LogP contribution >= 0.6 is 11.6 Å². The van der Waals surface area contributed by atoms with Gasteiger partial charge in [0.25, 0.3) is 0 Å². The third-order valence-electron chi connectivity index (χ3n) is 6.38. The van der Waals surface area contributed by atoms with E-state index < -0.39 is 29.9 Å². The highest BCUT2D eigenvalue weighted by molar-refractivity contribution is 6.63. The van der Waals surface area contributed by atoms with Crippen molar-refractivity contribution < 1.29 is 22.5 Å². The Kier molecular flexibility index (Phi) is 4.74. The molecule has 2 nitrogen and oxygen atoms in total. The van der Waals surface area contributed by atoms with Crippen LogP contribution in [0.1, 0.15) is 64.5 Å². The van der Waals surface area contributed by atoms with E-state index in [9.17, 15) is 13.2 Å². The van der Waals surface area contributed by atoms with Crippen LogP contribution in [0.3, 0.4) is 0 Å². The highest BCUT2D eigenvalue weighted by atomic mass is 35.5. The molecule has 0 spiro atoms. The van der Waals surface area contributed by atoms with Crippen molar-refractivity contribution in [2.75, 3.05) is 0 Å². The van der Waals surface area contributed by atoms with E-state index in [0.29, 0.717) is 23.9 Å². The van der Waals surface area contributed by atoms with Gasteiger partial charge in [-0.1, -0.05) is 36.1 Å². The number of halogens is 4. The third kappa shape index (κ3) is 2.98. The maximum Gasteiger partial charge on any atom is 0.495 e. The molecule has 1 aliphatic carbocycles. The molecule has 0 N–H and O–H groups in total. The first-order valence-corrected chi connectivity index (χ1v) is 9.41. The fourth-order valence-corrected chi connectivity index (χ4v) is 4.32. The van der Waals surface area contributed by atoms with Crippen molar-refractivity contribution in [3.05, 3.63) is 28.3 Å². The lowest BCUT2D eigenvalue weighted by atomic mass is 9.72. The van der Waals surface area contributed by atoms with Crippen LogP contribution in [0, 0.1) is 6.92 Å². The smallest absolute Gasteiger partial charge is 0.399 e. The standard InChI is InChI=1S/C19H25BClF3O2/c1-12-10-13(18(19(22,23)24)8-6-7-9-18)15(21)11-14(12)20-25-16(2,3)17(4,5)26-20/h10-11H,6-9H2,1-5H3. The zero-order valence-electron chi connectivity index (χ0n) is 15.9. The first kappa shape index (κ1) is 20.0. The van der Waals surface area contributed by atoms with Gasteiger partial charge in [0.05, 0.1) is 16.6 Å². The molecule has 1 saturated carbocycles. The molecule has 0 bridgehead atoms. The van der Waals surface area contributed by atoms with E-state index in [1.54, 1.807) is 19.1 Å². The molecule has 3 rings (SSSR count). The highest BCUT2D eigenvalue weighted by Crippen LogP contribution is 2.54. The highest BCUT2D eigenvalue weighted by Gasteiger charge is 2.58. The summed E-state index contributed by atoms with van der Waals surface area (Å²) in [7, 11) is -0.642. The molecule has 1 aliphatic heterocycles. The molecule has 1 saturated heterocycles. The Morgan fingerprint density at radius 1 is 1.00 bits per heavy atom. The Morgan fingerprint density at radius 2 is 1.50 bits per heavy atom. The van der Waals surface area contributed by atoms with E-state index in [2.05, 4.69) is 0 Å². The SMILES string of the molecule is Cc1cc(C2(C(F)(F)F)CCCC2)c(Cl)cc1B1OC(C)(C)C(C)(C)O1. The largest absolute Gasteiger partial charge is 0.495 e. The van der Waals surface area contributed by atoms with Crippen LogP contribution in [0.2, 0.25) is 5.02 Å². The molecule has 0 radical (unpaired) electrons. The monoisotopic (exact) mass is 388 g/mol. The van der Waals surface area contributed by atoms with Crippen molar-refractivity contribution in [2.24, 2.45) is 0 Å². The molecular formula is C19H25BClF3O2. The molecule has 2 aliphatic rings. The number of alkyl halides is 3. The summed E-state index contributed by atoms with van der Waals surface area (Å²) in [5.41, 5.74) is -1.31. The molecule has 1 aromatic carbocycles. The third-order valence-corrected chi connectivity index (χ3v) is 6.69. The number of hydrogen-bond donors (Lipinski definition) is 0. The van der Waals surface area contributed by atoms with E-state index in [4.69, 9.17) is 20.9 Å². The molecule has 144 valence electrons. The minimum absolute atomic E-state index is 0.0888. The van der Waals surface area contributed by atoms with Crippen molar-refractivity contribution in [1.82, 2.24) is 0 Å². The van der Waals surface area contributed by atoms with Gasteiger partial charge in [-0.25, -0.2) is 0 Å². The Hall–Kier alpha value is -0.715. The molecule has 26 heavy (non-hydrogen) atoms. The molecule has 0 atom stereocenters. The minimum atomic E-state index is -4.31. The summed E-state index contributed by atoms with van der Waals surface area (Å²) in [5.74, 6) is 0. The second-order valence-electron chi connectivity index (χ2n) is 8.56. The van der Waals surface area contributed by atoms with E-state index in [-0.39, 0.29) is 23.4 Å². The van der Waals surface area contributed by atoms with Gasteiger partial charge in [0.15, 0.2) is 0 Å². The predicted octanol–water partition coefficient (Wildman–Crippen LogP) is 5.32. The molecular weight excluding hydrogens is 363 g/mol. The van der Waals surface area contributed by atoms with Crippen LogP contribution in [0.25, 0.3) is 0 Å². The van der Waals surface area contributed by atoms with Gasteiger partial charge < -0.3 is 9.31 Å². The van der Waals surface area contributed by atoms with Crippen LogP contribution in [0.4, 0.5) is 13.2 Å². The molecule has 2 fully saturated rings. The Labute approximate surface area is 158 Å². The zero-order valence-corrected chi connectivity index (χ0v) is 16.6. The lowest BCUT2D eigenvalue weighted by molar-refractivity contribution is -0.189. The maximum atomic E-state index is 13.9. The van der Waals surface area contributed by atoms with Gasteiger partial charge in [0.2, 0.25) is 0 Å². The van der Waals surface area contributed by atoms with Gasteiger partial charge in [-0.05, 0) is 64.6 Å². The van der Waals surface area contributed by atoms with Crippen molar-refractivity contribution >= 4 is 24.2 Å². The van der Waals surface area contributed by atoms with Gasteiger partial charge in [-0.3, -0.25) is 0 Å². The first-order valence-electron chi connectivity index (χ1n) is 9.04. The number of benzene rings is 1. The quantitative estimate of drug-likeness (QED) is 0.638. The normalized spacial score (nSPS) is 24.3. The fourth-order valence-electron chi connectivity index (χ4n) is 3.97. The summed E-state index contributed by atoms with van der Waals surface area (Å²) in [4.78, 5) is 0. The number of hydrogen-bond acceptors (Lipinski definition) is 2. The van der Waals surface area contributed by atoms with E-state index in [1.165, 1.54) is 0 Å². The molecule has 0 amide bonds. The lowest BCUT2D eigenvalue weighted by Gasteiger charge is -2.33. The van der Waals surface area contributed by atoms with Crippen molar-refractivity contribution in [2.45, 2.75) is 83.1 Å². The van der Waals surface area contributed by atoms with Crippen LogP contribution < -0.4 is 5.46 Å². The van der Waals surface area contributed by atoms with Crippen molar-refractivity contribution in [1.29, 1.82) is 0 Å². The minimum Gasteiger partial charge on any atom is -0.399 e. The van der Waals surface area contributed by atoms with Crippen LogP contribution in [0.15, 0.2) is 12.1 Å². The van der Waals surface area contributed by atoms with Crippen molar-refractivity contribution in [3.8, 4) is 0 Å². The predicted molar refractivity (Wildman–Crippen MR) is 98.1 cm³/mol. The summed E-state index contributed by atoms with van der Waals surface area (Å²) in [5, 5.41) is 0.138. The van der Waals surface area contributed by atoms with Gasteiger partial charge in [0.1, 0.15) is 0 Å². The van der Waals surface area contributed by atoms with Gasteiger partial charge in [-0.2, -0.15) is 13.2 Å². The molecule has 0 aromatic heterocycles. The summed E-state index contributed by atoms with van der Waals surface area (Å²) in [6.07, 6.45) is -3.01. The summed E-state index contributed by atoms with van der Waals surface area (Å²) in [6.45, 7) is 9.55. The van der Waals surface area contributed by atoms with Gasteiger partial charge >= 0.3 is 13.3 Å². The Morgan fingerprint density at radius 3 is 1.96 bits per heavy atom. The van der Waals surface area contributed by atoms with E-state index >= 15 is 0 Å². The molecule has 0 unspecified atom stereocenters. The Balaban J connectivity index is 2.03. The first-order chi connectivity index (χ1) is 11.8. The maximum absolute atomic E-state index is 13.9. The number of rotatable bonds is 2. The second kappa shape index (κ2) is 6.15. The second-order valence-corrected chi connectivity index (χ2v) is 8.97. The fraction of sp³-hybridized carbons (Fsp3) is 0.684. The van der Waals surface area contributed by atoms with Crippen LogP contribution in [-0.2, 0) is 14.7 Å². The van der Waals surface area contributed by atoms with Crippen molar-refractivity contribution in [3.63, 3.8) is 0 Å². The van der Waals surface area contributed by atoms with E-state index in [1.807, 2.05) is 27.7 Å². The van der Waals surface area contributed by atoms with Crippen LogP contribution in [0.5, 0.6) is 0 Å². The van der Waals surface area contributed by atoms with Gasteiger partial charge in [0, 0.05) is 5.02 Å². The number of aryl methyl sites for hydroxylation is 1. The average Bonchev–Trinajstić information content (AvgIpc) is 3.05. The topological polar surface area (TPSA) is 18.5 Å². The summed E-state index contributed by atoms with van der Waals surface area (Å²) < 4.78 is 53.8. The van der Waals surface area contributed by atoms with E-state index in [0.717, 1.165) is 0 Å². The summed E-state index contributed by atoms with van der Waals surface area (Å²) in [6, 6.07) is 3.18. The molecule has 1 aromatic rings. The lowest BCUT2D eigenvalue weighted by Crippen LogP contribution is -2.41. The summed E-state index contributed by atoms with van der Waals surface area (Å²) >= 11 is 6.39. The average molecular weight is 389 g/mol. The zero-order chi connectivity index (χ0) is 19.5. The Bertz CT molecular complexity index is 693. The molecule has 1 heterocycles. The molecule has 7 heteroatoms.